The highest BCUT2D eigenvalue weighted by molar-refractivity contribution is 5.83. The van der Waals surface area contributed by atoms with Crippen molar-refractivity contribution in [3.8, 4) is 0 Å². The number of ether oxygens (including phenoxy) is 1. The predicted octanol–water partition coefficient (Wildman–Crippen LogP) is 1.24. The van der Waals surface area contributed by atoms with Crippen LogP contribution in [0.1, 0.15) is 18.1 Å². The van der Waals surface area contributed by atoms with Crippen molar-refractivity contribution in [2.75, 3.05) is 33.8 Å². The van der Waals surface area contributed by atoms with E-state index in [9.17, 15) is 4.79 Å². The number of hydrogen-bond donors (Lipinski definition) is 1. The topological polar surface area (TPSA) is 41.6 Å². The maximum atomic E-state index is 12.4. The minimum atomic E-state index is -0.588. The third-order valence-corrected chi connectivity index (χ3v) is 3.79. The molecule has 0 saturated carbocycles. The lowest BCUT2D eigenvalue weighted by Gasteiger charge is -2.28. The summed E-state index contributed by atoms with van der Waals surface area (Å²) in [6.07, 6.45) is 1.44. The van der Waals surface area contributed by atoms with E-state index in [0.717, 1.165) is 25.9 Å². The van der Waals surface area contributed by atoms with Crippen molar-refractivity contribution in [2.24, 2.45) is 0 Å². The molecule has 0 saturated heterocycles. The van der Waals surface area contributed by atoms with Crippen LogP contribution in [-0.2, 0) is 22.4 Å². The highest BCUT2D eigenvalue weighted by Crippen LogP contribution is 2.31. The second kappa shape index (κ2) is 6.37. The number of nitrogens with one attached hydrogen (secondary N) is 1. The Morgan fingerprint density at radius 2 is 1.90 bits per heavy atom. The molecule has 0 unspecified atom stereocenters. The van der Waals surface area contributed by atoms with Crippen molar-refractivity contribution >= 4 is 5.97 Å². The van der Waals surface area contributed by atoms with Crippen LogP contribution in [0.2, 0.25) is 0 Å². The summed E-state index contributed by atoms with van der Waals surface area (Å²) >= 11 is 0. The fourth-order valence-electron chi connectivity index (χ4n) is 2.74. The van der Waals surface area contributed by atoms with Crippen LogP contribution < -0.4 is 5.32 Å². The third-order valence-electron chi connectivity index (χ3n) is 3.79. The number of likely N-dealkylation sites (N-methyl/N-ethyl adjacent to an activating group) is 1. The number of hydrogen-bond acceptors (Lipinski definition) is 4. The normalized spacial score (nSPS) is 16.2. The molecule has 0 aromatic heterocycles. The van der Waals surface area contributed by atoms with E-state index >= 15 is 0 Å². The molecule has 0 radical (unpaired) electrons. The summed E-state index contributed by atoms with van der Waals surface area (Å²) in [6.45, 7) is 3.96. The summed E-state index contributed by atoms with van der Waals surface area (Å²) in [5.41, 5.74) is 1.91. The average molecular weight is 276 g/mol. The number of carbonyl (C=O) groups is 1. The Labute approximate surface area is 121 Å². The van der Waals surface area contributed by atoms with Gasteiger partial charge in [-0.15, -0.1) is 0 Å². The number of nitrogens with zero attached hydrogens (tertiary/aromatic N) is 1. The van der Waals surface area contributed by atoms with E-state index in [0.29, 0.717) is 6.61 Å². The largest absolute Gasteiger partial charge is 0.465 e. The molecule has 0 aliphatic heterocycles. The number of benzene rings is 1. The Morgan fingerprint density at radius 1 is 1.30 bits per heavy atom. The Morgan fingerprint density at radius 3 is 2.40 bits per heavy atom. The molecule has 20 heavy (non-hydrogen) atoms. The number of carbonyl (C=O) groups excluding carboxylic acids is 1. The molecular weight excluding hydrogens is 252 g/mol. The fourth-order valence-corrected chi connectivity index (χ4v) is 2.74. The Kier molecular flexibility index (Phi) is 4.78. The molecule has 4 nitrogen and oxygen atoms in total. The molecule has 1 aliphatic rings. The molecule has 0 spiro atoms. The molecule has 1 aromatic carbocycles. The summed E-state index contributed by atoms with van der Waals surface area (Å²) in [7, 11) is 4.06. The molecule has 0 fully saturated rings. The highest BCUT2D eigenvalue weighted by Gasteiger charge is 2.44. The van der Waals surface area contributed by atoms with E-state index in [-0.39, 0.29) is 5.97 Å². The van der Waals surface area contributed by atoms with Gasteiger partial charge >= 0.3 is 5.97 Å². The van der Waals surface area contributed by atoms with Gasteiger partial charge in [-0.25, -0.2) is 0 Å². The Balaban J connectivity index is 2.13. The molecule has 0 heterocycles. The van der Waals surface area contributed by atoms with Crippen LogP contribution in [0.5, 0.6) is 0 Å². The minimum absolute atomic E-state index is 0.130. The van der Waals surface area contributed by atoms with E-state index in [2.05, 4.69) is 22.3 Å². The van der Waals surface area contributed by atoms with E-state index in [1.54, 1.807) is 0 Å². The maximum absolute atomic E-state index is 12.4. The lowest BCUT2D eigenvalue weighted by molar-refractivity contribution is -0.150. The van der Waals surface area contributed by atoms with Crippen molar-refractivity contribution in [1.82, 2.24) is 10.2 Å². The maximum Gasteiger partial charge on any atom is 0.327 e. The number of rotatable bonds is 6. The van der Waals surface area contributed by atoms with Gasteiger partial charge in [0.15, 0.2) is 0 Å². The van der Waals surface area contributed by atoms with Gasteiger partial charge in [-0.3, -0.25) is 4.79 Å². The quantitative estimate of drug-likeness (QED) is 0.794. The first-order valence-corrected chi connectivity index (χ1v) is 7.21. The second-order valence-electron chi connectivity index (χ2n) is 5.65. The van der Waals surface area contributed by atoms with Gasteiger partial charge in [-0.2, -0.15) is 0 Å². The monoisotopic (exact) mass is 276 g/mol. The highest BCUT2D eigenvalue weighted by atomic mass is 16.5. The Bertz CT molecular complexity index is 446. The molecule has 110 valence electrons. The van der Waals surface area contributed by atoms with Crippen LogP contribution in [-0.4, -0.2) is 50.2 Å². The zero-order valence-corrected chi connectivity index (χ0v) is 12.6. The fraction of sp³-hybridized carbons (Fsp3) is 0.562. The molecule has 4 heteroatoms. The van der Waals surface area contributed by atoms with Crippen molar-refractivity contribution in [3.63, 3.8) is 0 Å². The summed E-state index contributed by atoms with van der Waals surface area (Å²) in [6, 6.07) is 8.26. The Hall–Kier alpha value is -1.39. The average Bonchev–Trinajstić information content (AvgIpc) is 2.78. The van der Waals surface area contributed by atoms with Crippen molar-refractivity contribution in [1.29, 1.82) is 0 Å². The predicted molar refractivity (Wildman–Crippen MR) is 79.8 cm³/mol. The van der Waals surface area contributed by atoms with Crippen molar-refractivity contribution in [3.05, 3.63) is 35.4 Å². The SMILES string of the molecule is CCOC(=O)C1(NCCN(C)C)Cc2ccccc2C1. The molecule has 1 N–H and O–H groups in total. The van der Waals surface area contributed by atoms with E-state index in [1.165, 1.54) is 11.1 Å². The summed E-state index contributed by atoms with van der Waals surface area (Å²) < 4.78 is 5.30. The minimum Gasteiger partial charge on any atom is -0.465 e. The first kappa shape index (κ1) is 15.0. The molecular formula is C16H24N2O2. The lowest BCUT2D eigenvalue weighted by Crippen LogP contribution is -2.55. The van der Waals surface area contributed by atoms with E-state index in [4.69, 9.17) is 4.74 Å². The zero-order chi connectivity index (χ0) is 14.6. The zero-order valence-electron chi connectivity index (χ0n) is 12.6. The third kappa shape index (κ3) is 3.19. The lowest BCUT2D eigenvalue weighted by atomic mass is 9.95. The van der Waals surface area contributed by atoms with Gasteiger partial charge in [0.2, 0.25) is 0 Å². The summed E-state index contributed by atoms with van der Waals surface area (Å²) in [4.78, 5) is 14.5. The smallest absolute Gasteiger partial charge is 0.327 e. The van der Waals surface area contributed by atoms with Crippen molar-refractivity contribution in [2.45, 2.75) is 25.3 Å². The van der Waals surface area contributed by atoms with Gasteiger partial charge in [-0.05, 0) is 32.1 Å². The van der Waals surface area contributed by atoms with Crippen LogP contribution in [0.25, 0.3) is 0 Å². The van der Waals surface area contributed by atoms with Gasteiger partial charge < -0.3 is 15.0 Å². The number of esters is 1. The first-order chi connectivity index (χ1) is 9.57. The van der Waals surface area contributed by atoms with Crippen LogP contribution in [0, 0.1) is 0 Å². The molecule has 1 aliphatic carbocycles. The van der Waals surface area contributed by atoms with Crippen LogP contribution in [0.4, 0.5) is 0 Å². The molecule has 0 amide bonds. The van der Waals surface area contributed by atoms with Crippen LogP contribution >= 0.6 is 0 Å². The number of fused-ring (bicyclic) bond motifs is 1. The van der Waals surface area contributed by atoms with Gasteiger partial charge in [-0.1, -0.05) is 24.3 Å². The van der Waals surface area contributed by atoms with Gasteiger partial charge in [0.1, 0.15) is 5.54 Å². The standard InChI is InChI=1S/C16H24N2O2/c1-4-20-15(19)16(17-9-10-18(2)3)11-13-7-5-6-8-14(13)12-16/h5-8,17H,4,9-12H2,1-3H3. The van der Waals surface area contributed by atoms with E-state index in [1.807, 2.05) is 33.2 Å². The van der Waals surface area contributed by atoms with Crippen LogP contribution in [0.3, 0.4) is 0 Å². The second-order valence-corrected chi connectivity index (χ2v) is 5.65. The molecule has 0 atom stereocenters. The van der Waals surface area contributed by atoms with Gasteiger partial charge in [0, 0.05) is 25.9 Å². The van der Waals surface area contributed by atoms with Crippen molar-refractivity contribution < 1.29 is 9.53 Å². The molecule has 0 bridgehead atoms. The first-order valence-electron chi connectivity index (χ1n) is 7.21. The summed E-state index contributed by atoms with van der Waals surface area (Å²) in [5.74, 6) is -0.130. The van der Waals surface area contributed by atoms with Gasteiger partial charge in [0.25, 0.3) is 0 Å². The summed E-state index contributed by atoms with van der Waals surface area (Å²) in [5, 5.41) is 3.44. The molecule has 1 aromatic rings. The van der Waals surface area contributed by atoms with Crippen LogP contribution in [0.15, 0.2) is 24.3 Å². The molecule has 2 rings (SSSR count). The van der Waals surface area contributed by atoms with E-state index < -0.39 is 5.54 Å². The van der Waals surface area contributed by atoms with Gasteiger partial charge in [0.05, 0.1) is 6.61 Å².